The van der Waals surface area contributed by atoms with Crippen molar-refractivity contribution in [3.05, 3.63) is 109 Å². The van der Waals surface area contributed by atoms with E-state index in [1.54, 1.807) is 12.1 Å². The monoisotopic (exact) mass is 485 g/mol. The van der Waals surface area contributed by atoms with Crippen LogP contribution in [0, 0.1) is 0 Å². The first-order valence-corrected chi connectivity index (χ1v) is 12.6. The minimum absolute atomic E-state index is 0.0378. The second-order valence-electron chi connectivity index (χ2n) is 9.38. The first-order valence-electron chi connectivity index (χ1n) is 12.6. The molecule has 6 rings (SSSR count). The van der Waals surface area contributed by atoms with E-state index in [4.69, 9.17) is 0 Å². The number of amides is 2. The van der Waals surface area contributed by atoms with Crippen molar-refractivity contribution in [3.8, 4) is 11.1 Å². The molecule has 0 bridgehead atoms. The average Bonchev–Trinajstić information content (AvgIpc) is 3.49. The van der Waals surface area contributed by atoms with Crippen LogP contribution in [0.4, 0.5) is 11.4 Å². The molecule has 1 atom stereocenters. The molecule has 0 aliphatic carbocycles. The van der Waals surface area contributed by atoms with E-state index < -0.39 is 0 Å². The molecule has 1 aliphatic heterocycles. The number of fused-ring (bicyclic) bond motifs is 2. The van der Waals surface area contributed by atoms with E-state index in [0.29, 0.717) is 11.3 Å². The number of benzene rings is 5. The lowest BCUT2D eigenvalue weighted by Crippen LogP contribution is -2.35. The molecule has 0 saturated carbocycles. The molecule has 37 heavy (non-hydrogen) atoms. The summed E-state index contributed by atoms with van der Waals surface area (Å²) in [4.78, 5) is 26.4. The second-order valence-corrected chi connectivity index (χ2v) is 9.38. The molecular formula is C32H27N3O2. The van der Waals surface area contributed by atoms with Crippen LogP contribution in [-0.2, 0) is 4.79 Å². The van der Waals surface area contributed by atoms with Gasteiger partial charge in [0.2, 0.25) is 5.91 Å². The molecule has 5 aromatic rings. The number of hydrogen-bond donors (Lipinski definition) is 3. The molecule has 1 fully saturated rings. The van der Waals surface area contributed by atoms with Crippen LogP contribution in [0.2, 0.25) is 0 Å². The third-order valence-corrected chi connectivity index (χ3v) is 7.03. The summed E-state index contributed by atoms with van der Waals surface area (Å²) in [6, 6.07) is 33.2. The van der Waals surface area contributed by atoms with E-state index in [1.807, 2.05) is 66.7 Å². The van der Waals surface area contributed by atoms with Gasteiger partial charge in [0.25, 0.3) is 5.91 Å². The fourth-order valence-corrected chi connectivity index (χ4v) is 5.20. The predicted octanol–water partition coefficient (Wildman–Crippen LogP) is 6.60. The fourth-order valence-electron chi connectivity index (χ4n) is 5.20. The summed E-state index contributed by atoms with van der Waals surface area (Å²) in [6.45, 7) is 0.849. The summed E-state index contributed by atoms with van der Waals surface area (Å²) in [5.41, 5.74) is 3.78. The summed E-state index contributed by atoms with van der Waals surface area (Å²) in [7, 11) is 0. The Morgan fingerprint density at radius 2 is 1.22 bits per heavy atom. The van der Waals surface area contributed by atoms with Crippen LogP contribution in [0.3, 0.4) is 0 Å². The average molecular weight is 486 g/mol. The van der Waals surface area contributed by atoms with Crippen molar-refractivity contribution in [2.24, 2.45) is 0 Å². The van der Waals surface area contributed by atoms with Gasteiger partial charge in [0.15, 0.2) is 0 Å². The highest BCUT2D eigenvalue weighted by Crippen LogP contribution is 2.43. The maximum Gasteiger partial charge on any atom is 0.255 e. The second kappa shape index (κ2) is 9.88. The first-order chi connectivity index (χ1) is 18.2. The molecule has 0 unspecified atom stereocenters. The van der Waals surface area contributed by atoms with Crippen molar-refractivity contribution in [3.63, 3.8) is 0 Å². The van der Waals surface area contributed by atoms with Crippen LogP contribution in [0.15, 0.2) is 103 Å². The Labute approximate surface area is 215 Å². The molecule has 2 amide bonds. The van der Waals surface area contributed by atoms with Crippen LogP contribution in [0.5, 0.6) is 0 Å². The lowest BCUT2D eigenvalue weighted by Gasteiger charge is -2.21. The van der Waals surface area contributed by atoms with E-state index in [2.05, 4.69) is 40.2 Å². The lowest BCUT2D eigenvalue weighted by molar-refractivity contribution is -0.117. The molecule has 5 nitrogen and oxygen atoms in total. The summed E-state index contributed by atoms with van der Waals surface area (Å²) in [5, 5.41) is 13.8. The molecule has 3 N–H and O–H groups in total. The fraction of sp³-hybridized carbons (Fsp3) is 0.125. The van der Waals surface area contributed by atoms with Gasteiger partial charge in [0.05, 0.1) is 6.04 Å². The Balaban J connectivity index is 1.56. The number of anilines is 2. The van der Waals surface area contributed by atoms with Gasteiger partial charge in [0.1, 0.15) is 0 Å². The van der Waals surface area contributed by atoms with Crippen LogP contribution >= 0.6 is 0 Å². The normalized spacial score (nSPS) is 15.1. The topological polar surface area (TPSA) is 70.2 Å². The highest BCUT2D eigenvalue weighted by atomic mass is 16.2. The zero-order valence-corrected chi connectivity index (χ0v) is 20.3. The maximum atomic E-state index is 13.2. The zero-order valence-electron chi connectivity index (χ0n) is 20.3. The van der Waals surface area contributed by atoms with Crippen molar-refractivity contribution in [1.82, 2.24) is 5.32 Å². The first kappa shape index (κ1) is 23.0. The Bertz CT molecular complexity index is 1620. The summed E-state index contributed by atoms with van der Waals surface area (Å²) >= 11 is 0. The van der Waals surface area contributed by atoms with Gasteiger partial charge in [-0.1, -0.05) is 78.9 Å². The molecule has 5 heteroatoms. The molecule has 0 radical (unpaired) electrons. The van der Waals surface area contributed by atoms with Gasteiger partial charge in [-0.15, -0.1) is 0 Å². The van der Waals surface area contributed by atoms with E-state index in [9.17, 15) is 9.59 Å². The van der Waals surface area contributed by atoms with E-state index in [0.717, 1.165) is 57.7 Å². The van der Waals surface area contributed by atoms with Gasteiger partial charge in [-0.2, -0.15) is 0 Å². The highest BCUT2D eigenvalue weighted by Gasteiger charge is 2.25. The van der Waals surface area contributed by atoms with Gasteiger partial charge in [0, 0.05) is 28.1 Å². The smallest absolute Gasteiger partial charge is 0.255 e. The van der Waals surface area contributed by atoms with Crippen molar-refractivity contribution in [2.45, 2.75) is 18.9 Å². The summed E-state index contributed by atoms with van der Waals surface area (Å²) < 4.78 is 0. The Morgan fingerprint density at radius 1 is 0.649 bits per heavy atom. The lowest BCUT2D eigenvalue weighted by atomic mass is 9.90. The Hall–Kier alpha value is -4.48. The Kier molecular flexibility index (Phi) is 6.13. The molecule has 0 spiro atoms. The van der Waals surface area contributed by atoms with E-state index >= 15 is 0 Å². The van der Waals surface area contributed by atoms with Crippen molar-refractivity contribution >= 4 is 44.7 Å². The van der Waals surface area contributed by atoms with Crippen molar-refractivity contribution in [2.75, 3.05) is 17.2 Å². The third kappa shape index (κ3) is 4.46. The summed E-state index contributed by atoms with van der Waals surface area (Å²) in [6.07, 6.45) is 1.81. The molecule has 1 heterocycles. The van der Waals surface area contributed by atoms with Gasteiger partial charge >= 0.3 is 0 Å². The number of carbonyl (C=O) groups excluding carboxylic acids is 2. The molecule has 1 saturated heterocycles. The van der Waals surface area contributed by atoms with E-state index in [-0.39, 0.29) is 17.9 Å². The van der Waals surface area contributed by atoms with E-state index in [1.165, 1.54) is 0 Å². The van der Waals surface area contributed by atoms with Crippen LogP contribution < -0.4 is 16.0 Å². The van der Waals surface area contributed by atoms with Gasteiger partial charge in [-0.25, -0.2) is 0 Å². The highest BCUT2D eigenvalue weighted by molar-refractivity contribution is 6.18. The molecule has 1 aliphatic rings. The van der Waals surface area contributed by atoms with Gasteiger partial charge in [-0.3, -0.25) is 9.59 Å². The molecular weight excluding hydrogens is 458 g/mol. The predicted molar refractivity (Wildman–Crippen MR) is 151 cm³/mol. The van der Waals surface area contributed by atoms with Gasteiger partial charge in [-0.05, 0) is 65.2 Å². The van der Waals surface area contributed by atoms with Crippen molar-refractivity contribution < 1.29 is 9.59 Å². The van der Waals surface area contributed by atoms with Crippen LogP contribution in [0.1, 0.15) is 23.2 Å². The third-order valence-electron chi connectivity index (χ3n) is 7.03. The zero-order chi connectivity index (χ0) is 25.2. The largest absolute Gasteiger partial charge is 0.324 e. The van der Waals surface area contributed by atoms with Crippen LogP contribution in [-0.4, -0.2) is 24.4 Å². The minimum atomic E-state index is -0.205. The van der Waals surface area contributed by atoms with Crippen LogP contribution in [0.25, 0.3) is 32.7 Å². The number of nitrogens with one attached hydrogen (secondary N) is 3. The SMILES string of the molecule is O=C(Nc1ccc2ccccc2c1-c1c(NC(=O)[C@@H]2CCCN2)ccc2ccccc12)c1ccccc1. The molecule has 182 valence electrons. The number of carbonyl (C=O) groups is 2. The maximum absolute atomic E-state index is 13.2. The quantitative estimate of drug-likeness (QED) is 0.263. The van der Waals surface area contributed by atoms with Crippen molar-refractivity contribution in [1.29, 1.82) is 0 Å². The standard InChI is InChI=1S/C32H27N3O2/c36-31(23-11-2-1-3-12-23)34-26-18-16-21-9-4-6-13-24(21)29(26)30-25-14-7-5-10-22(25)17-19-27(30)35-32(37)28-15-8-20-33-28/h1-7,9-14,16-19,28,33H,8,15,20H2,(H,34,36)(H,35,37)/t28-/m0/s1. The number of rotatable bonds is 5. The minimum Gasteiger partial charge on any atom is -0.324 e. The number of hydrogen-bond acceptors (Lipinski definition) is 3. The molecule has 0 aromatic heterocycles. The Morgan fingerprint density at radius 3 is 1.81 bits per heavy atom. The molecule has 5 aromatic carbocycles. The summed E-state index contributed by atoms with van der Waals surface area (Å²) in [5.74, 6) is -0.220. The van der Waals surface area contributed by atoms with Gasteiger partial charge < -0.3 is 16.0 Å².